The molecule has 3 aliphatic carbocycles. The smallest absolute Gasteiger partial charge is 0.163 e. The molecule has 8 rings (SSSR count). The Hall–Kier alpha value is -3.02. The van der Waals surface area contributed by atoms with Crippen molar-refractivity contribution in [1.29, 1.82) is 0 Å². The summed E-state index contributed by atoms with van der Waals surface area (Å²) in [7, 11) is 0. The number of piperidine rings is 1. The van der Waals surface area contributed by atoms with Crippen molar-refractivity contribution in [3.63, 3.8) is 0 Å². The van der Waals surface area contributed by atoms with Crippen molar-refractivity contribution < 1.29 is 0 Å². The van der Waals surface area contributed by atoms with Gasteiger partial charge in [-0.3, -0.25) is 4.98 Å². The Balaban J connectivity index is 1.29. The molecular formula is C29H32N6. The zero-order chi connectivity index (χ0) is 22.9. The molecule has 0 unspecified atom stereocenters. The lowest BCUT2D eigenvalue weighted by Crippen LogP contribution is -2.30. The van der Waals surface area contributed by atoms with Crippen LogP contribution in [-0.2, 0) is 0 Å². The number of nitrogens with one attached hydrogen (secondary N) is 1. The Kier molecular flexibility index (Phi) is 4.47. The molecule has 0 amide bonds. The summed E-state index contributed by atoms with van der Waals surface area (Å²) in [5, 5.41) is 2.38. The van der Waals surface area contributed by atoms with E-state index in [9.17, 15) is 0 Å². The molecule has 1 N–H and O–H groups in total. The predicted octanol–water partition coefficient (Wildman–Crippen LogP) is 6.34. The highest BCUT2D eigenvalue weighted by Gasteiger charge is 2.41. The molecular weight excluding hydrogens is 432 g/mol. The van der Waals surface area contributed by atoms with E-state index in [1.54, 1.807) is 0 Å². The van der Waals surface area contributed by atoms with E-state index in [1.165, 1.54) is 74.4 Å². The van der Waals surface area contributed by atoms with Gasteiger partial charge in [-0.05, 0) is 86.8 Å². The van der Waals surface area contributed by atoms with Crippen LogP contribution in [0.5, 0.6) is 0 Å². The molecule has 3 atom stereocenters. The maximum atomic E-state index is 5.31. The molecule has 6 nitrogen and oxygen atoms in total. The fourth-order valence-corrected chi connectivity index (χ4v) is 7.32. The van der Waals surface area contributed by atoms with E-state index in [0.717, 1.165) is 58.7 Å². The van der Waals surface area contributed by atoms with E-state index in [-0.39, 0.29) is 0 Å². The number of hydrogen-bond acceptors (Lipinski definition) is 5. The Morgan fingerprint density at radius 1 is 0.943 bits per heavy atom. The fraction of sp³-hybridized carbons (Fsp3) is 0.517. The zero-order valence-electron chi connectivity index (χ0n) is 20.2. The predicted molar refractivity (Wildman–Crippen MR) is 139 cm³/mol. The summed E-state index contributed by atoms with van der Waals surface area (Å²) in [5.74, 6) is 4.95. The first-order valence-electron chi connectivity index (χ1n) is 13.7. The van der Waals surface area contributed by atoms with E-state index in [2.05, 4.69) is 33.2 Å². The van der Waals surface area contributed by atoms with Gasteiger partial charge in [0.15, 0.2) is 5.82 Å². The molecule has 4 aromatic heterocycles. The fourth-order valence-electron chi connectivity index (χ4n) is 7.32. The molecule has 1 aliphatic heterocycles. The molecule has 2 bridgehead atoms. The minimum atomic E-state index is 0.616. The van der Waals surface area contributed by atoms with Gasteiger partial charge in [0.05, 0.1) is 11.7 Å². The summed E-state index contributed by atoms with van der Waals surface area (Å²) in [6, 6.07) is 4.45. The summed E-state index contributed by atoms with van der Waals surface area (Å²) in [5.41, 5.74) is 5.73. The van der Waals surface area contributed by atoms with Crippen LogP contribution in [0, 0.1) is 11.8 Å². The number of aromatic nitrogens is 5. The van der Waals surface area contributed by atoms with Gasteiger partial charge in [0.1, 0.15) is 11.5 Å². The maximum absolute atomic E-state index is 5.31. The van der Waals surface area contributed by atoms with Crippen LogP contribution in [0.25, 0.3) is 33.3 Å². The molecule has 1 saturated heterocycles. The molecule has 0 radical (unpaired) electrons. The molecule has 5 heterocycles. The van der Waals surface area contributed by atoms with Crippen LogP contribution in [0.1, 0.15) is 80.9 Å². The zero-order valence-corrected chi connectivity index (χ0v) is 20.2. The van der Waals surface area contributed by atoms with E-state index >= 15 is 0 Å². The van der Waals surface area contributed by atoms with E-state index in [1.807, 2.05) is 12.4 Å². The van der Waals surface area contributed by atoms with Crippen molar-refractivity contribution in [3.8, 4) is 11.4 Å². The van der Waals surface area contributed by atoms with Crippen molar-refractivity contribution in [1.82, 2.24) is 24.9 Å². The largest absolute Gasteiger partial charge is 0.356 e. The number of H-pyrrole nitrogens is 1. The lowest BCUT2D eigenvalue weighted by Gasteiger charge is -2.29. The lowest BCUT2D eigenvalue weighted by molar-refractivity contribution is 0.414. The number of nitrogens with zero attached hydrogens (tertiary/aromatic N) is 5. The Labute approximate surface area is 205 Å². The highest BCUT2D eigenvalue weighted by Crippen LogP contribution is 2.53. The SMILES string of the molecule is c1cc(-c2nc(N3CCCCC3)c3c(C4CC4)cncc3n2)c2cc([C@H]3C[C@H]4CC[C@@H]3C4)[nH]c2n1. The lowest BCUT2D eigenvalue weighted by atomic mass is 9.86. The summed E-state index contributed by atoms with van der Waals surface area (Å²) in [6.07, 6.45) is 17.7. The molecule has 6 heteroatoms. The van der Waals surface area contributed by atoms with E-state index < -0.39 is 0 Å². The summed E-state index contributed by atoms with van der Waals surface area (Å²) >= 11 is 0. The van der Waals surface area contributed by atoms with Crippen LogP contribution in [0.15, 0.2) is 30.7 Å². The molecule has 0 spiro atoms. The second-order valence-electron chi connectivity index (χ2n) is 11.4. The average molecular weight is 465 g/mol. The van der Waals surface area contributed by atoms with Crippen molar-refractivity contribution in [2.24, 2.45) is 11.8 Å². The van der Waals surface area contributed by atoms with Gasteiger partial charge in [0.25, 0.3) is 0 Å². The Morgan fingerprint density at radius 3 is 2.66 bits per heavy atom. The molecule has 35 heavy (non-hydrogen) atoms. The second kappa shape index (κ2) is 7.74. The van der Waals surface area contributed by atoms with Crippen molar-refractivity contribution in [3.05, 3.63) is 42.0 Å². The average Bonchev–Trinajstić information content (AvgIpc) is 3.31. The molecule has 4 aromatic rings. The minimum Gasteiger partial charge on any atom is -0.356 e. The Morgan fingerprint density at radius 2 is 1.86 bits per heavy atom. The van der Waals surface area contributed by atoms with Crippen LogP contribution >= 0.6 is 0 Å². The number of rotatable bonds is 4. The summed E-state index contributed by atoms with van der Waals surface area (Å²) in [4.78, 5) is 25.9. The third-order valence-corrected chi connectivity index (χ3v) is 9.22. The van der Waals surface area contributed by atoms with Crippen molar-refractivity contribution in [2.45, 2.75) is 69.6 Å². The molecule has 0 aromatic carbocycles. The van der Waals surface area contributed by atoms with Gasteiger partial charge in [-0.2, -0.15) is 0 Å². The molecule has 3 saturated carbocycles. The standard InChI is InChI=1S/C29H32N6/c1-2-10-35(11-3-1)29-26-23(18-6-7-18)15-30-16-25(26)33-28(34-29)20-8-9-31-27-22(20)14-24(32-27)21-13-17-4-5-19(21)12-17/h8-9,14-19,21H,1-7,10-13H2,(H,31,32)/t17-,19+,21-/m0/s1. The van der Waals surface area contributed by atoms with Gasteiger partial charge in [-0.25, -0.2) is 15.0 Å². The highest BCUT2D eigenvalue weighted by atomic mass is 15.2. The van der Waals surface area contributed by atoms with Crippen LogP contribution in [-0.4, -0.2) is 38.0 Å². The first-order valence-corrected chi connectivity index (χ1v) is 13.7. The second-order valence-corrected chi connectivity index (χ2v) is 11.4. The van der Waals surface area contributed by atoms with Gasteiger partial charge in [0, 0.05) is 53.4 Å². The van der Waals surface area contributed by atoms with Crippen LogP contribution in [0.3, 0.4) is 0 Å². The number of aromatic amines is 1. The van der Waals surface area contributed by atoms with Crippen LogP contribution in [0.4, 0.5) is 5.82 Å². The van der Waals surface area contributed by atoms with Gasteiger partial charge >= 0.3 is 0 Å². The van der Waals surface area contributed by atoms with Crippen LogP contribution in [0.2, 0.25) is 0 Å². The van der Waals surface area contributed by atoms with Crippen molar-refractivity contribution in [2.75, 3.05) is 18.0 Å². The normalized spacial score (nSPS) is 26.3. The topological polar surface area (TPSA) is 70.6 Å². The Bertz CT molecular complexity index is 1430. The van der Waals surface area contributed by atoms with Crippen LogP contribution < -0.4 is 4.90 Å². The van der Waals surface area contributed by atoms with Gasteiger partial charge in [0.2, 0.25) is 0 Å². The first kappa shape index (κ1) is 20.2. The molecule has 178 valence electrons. The summed E-state index contributed by atoms with van der Waals surface area (Å²) < 4.78 is 0. The molecule has 4 fully saturated rings. The number of fused-ring (bicyclic) bond motifs is 4. The maximum Gasteiger partial charge on any atom is 0.163 e. The van der Waals surface area contributed by atoms with Gasteiger partial charge in [-0.1, -0.05) is 6.42 Å². The minimum absolute atomic E-state index is 0.616. The first-order chi connectivity index (χ1) is 17.3. The third kappa shape index (κ3) is 3.29. The van der Waals surface area contributed by atoms with Crippen molar-refractivity contribution >= 4 is 27.8 Å². The van der Waals surface area contributed by atoms with Gasteiger partial charge < -0.3 is 9.88 Å². The number of pyridine rings is 2. The van der Waals surface area contributed by atoms with E-state index in [0.29, 0.717) is 11.8 Å². The molecule has 4 aliphatic rings. The quantitative estimate of drug-likeness (QED) is 0.382. The highest BCUT2D eigenvalue weighted by molar-refractivity contribution is 5.97. The monoisotopic (exact) mass is 464 g/mol. The third-order valence-electron chi connectivity index (χ3n) is 9.22. The number of hydrogen-bond donors (Lipinski definition) is 1. The van der Waals surface area contributed by atoms with Gasteiger partial charge in [-0.15, -0.1) is 0 Å². The number of anilines is 1. The van der Waals surface area contributed by atoms with E-state index in [4.69, 9.17) is 15.0 Å². The summed E-state index contributed by atoms with van der Waals surface area (Å²) in [6.45, 7) is 2.14.